The van der Waals surface area contributed by atoms with Gasteiger partial charge in [0.15, 0.2) is 0 Å². The molecule has 1 aromatic rings. The van der Waals surface area contributed by atoms with Crippen molar-refractivity contribution >= 4 is 17.5 Å². The number of amides is 2. The highest BCUT2D eigenvalue weighted by atomic mass is 19.1. The van der Waals surface area contributed by atoms with Crippen molar-refractivity contribution in [2.75, 3.05) is 6.54 Å². The van der Waals surface area contributed by atoms with Crippen molar-refractivity contribution in [1.82, 2.24) is 4.90 Å². The predicted octanol–water partition coefficient (Wildman–Crippen LogP) is 2.38. The van der Waals surface area contributed by atoms with Crippen molar-refractivity contribution in [3.8, 4) is 0 Å². The van der Waals surface area contributed by atoms with Crippen LogP contribution in [0.5, 0.6) is 0 Å². The summed E-state index contributed by atoms with van der Waals surface area (Å²) in [6.07, 6.45) is 0.291. The first-order chi connectivity index (χ1) is 9.81. The third kappa shape index (κ3) is 2.91. The standard InChI is InChI=1S/C14H15FN2O4/c1-8(2)10-6-13(18)16(7-10)14(19)9-3-4-12(17(20)21)11(15)5-9/h3-5,8,10H,6-7H2,1-2H3. The summed E-state index contributed by atoms with van der Waals surface area (Å²) in [4.78, 5) is 34.9. The monoisotopic (exact) mass is 294 g/mol. The quantitative estimate of drug-likeness (QED) is 0.487. The van der Waals surface area contributed by atoms with Crippen LogP contribution in [0.4, 0.5) is 10.1 Å². The van der Waals surface area contributed by atoms with Crippen molar-refractivity contribution in [2.45, 2.75) is 20.3 Å². The van der Waals surface area contributed by atoms with Gasteiger partial charge in [-0.2, -0.15) is 4.39 Å². The molecule has 1 fully saturated rings. The maximum atomic E-state index is 13.6. The minimum Gasteiger partial charge on any atom is -0.278 e. The van der Waals surface area contributed by atoms with Crippen LogP contribution in [-0.4, -0.2) is 28.2 Å². The lowest BCUT2D eigenvalue weighted by Gasteiger charge is -2.16. The molecule has 2 amide bonds. The lowest BCUT2D eigenvalue weighted by molar-refractivity contribution is -0.387. The molecule has 21 heavy (non-hydrogen) atoms. The second kappa shape index (κ2) is 5.59. The number of nitro benzene ring substituents is 1. The number of carbonyl (C=O) groups is 2. The molecule has 112 valence electrons. The highest BCUT2D eigenvalue weighted by Crippen LogP contribution is 2.27. The average Bonchev–Trinajstić information content (AvgIpc) is 2.79. The zero-order valence-corrected chi connectivity index (χ0v) is 11.7. The number of nitro groups is 1. The molecule has 0 N–H and O–H groups in total. The number of benzene rings is 1. The minimum absolute atomic E-state index is 0.0594. The number of nitrogens with zero attached hydrogens (tertiary/aromatic N) is 2. The van der Waals surface area contributed by atoms with Crippen molar-refractivity contribution < 1.29 is 18.9 Å². The summed E-state index contributed by atoms with van der Waals surface area (Å²) >= 11 is 0. The van der Waals surface area contributed by atoms with Crippen LogP contribution in [0, 0.1) is 27.8 Å². The third-order valence-electron chi connectivity index (χ3n) is 3.73. The molecule has 2 rings (SSSR count). The zero-order chi connectivity index (χ0) is 15.7. The molecule has 0 aromatic heterocycles. The Bertz CT molecular complexity index is 615. The molecule has 0 aliphatic carbocycles. The number of rotatable bonds is 3. The van der Waals surface area contributed by atoms with E-state index in [9.17, 15) is 24.1 Å². The Morgan fingerprint density at radius 3 is 2.62 bits per heavy atom. The Kier molecular flexibility index (Phi) is 4.02. The van der Waals surface area contributed by atoms with Crippen LogP contribution in [-0.2, 0) is 4.79 Å². The van der Waals surface area contributed by atoms with Gasteiger partial charge in [0.1, 0.15) is 0 Å². The molecule has 0 spiro atoms. The molecule has 1 unspecified atom stereocenters. The fourth-order valence-corrected chi connectivity index (χ4v) is 2.32. The summed E-state index contributed by atoms with van der Waals surface area (Å²) in [5.41, 5.74) is -0.754. The molecule has 0 saturated carbocycles. The fourth-order valence-electron chi connectivity index (χ4n) is 2.32. The van der Waals surface area contributed by atoms with E-state index in [4.69, 9.17) is 0 Å². The van der Waals surface area contributed by atoms with Gasteiger partial charge >= 0.3 is 5.69 Å². The van der Waals surface area contributed by atoms with Crippen LogP contribution in [0.15, 0.2) is 18.2 Å². The lowest BCUT2D eigenvalue weighted by atomic mass is 9.95. The Morgan fingerprint density at radius 2 is 2.14 bits per heavy atom. The number of halogens is 1. The highest BCUT2D eigenvalue weighted by Gasteiger charge is 2.36. The molecule has 0 bridgehead atoms. The Hall–Kier alpha value is -2.31. The molecule has 1 aliphatic rings. The van der Waals surface area contributed by atoms with Crippen molar-refractivity contribution in [1.29, 1.82) is 0 Å². The molecule has 1 aromatic carbocycles. The van der Waals surface area contributed by atoms with Gasteiger partial charge in [0, 0.05) is 24.6 Å². The SMILES string of the molecule is CC(C)C1CC(=O)N(C(=O)c2ccc([N+](=O)[O-])c(F)c2)C1. The van der Waals surface area contributed by atoms with Crippen LogP contribution in [0.3, 0.4) is 0 Å². The van der Waals surface area contributed by atoms with E-state index < -0.39 is 22.3 Å². The molecule has 0 radical (unpaired) electrons. The van der Waals surface area contributed by atoms with Gasteiger partial charge in [0.05, 0.1) is 4.92 Å². The normalized spacial score (nSPS) is 18.4. The van der Waals surface area contributed by atoms with E-state index in [-0.39, 0.29) is 23.3 Å². The smallest absolute Gasteiger partial charge is 0.278 e. The average molecular weight is 294 g/mol. The van der Waals surface area contributed by atoms with Crippen molar-refractivity contribution in [3.05, 3.63) is 39.7 Å². The Labute approximate surface area is 120 Å². The second-order valence-electron chi connectivity index (χ2n) is 5.44. The minimum atomic E-state index is -1.09. The van der Waals surface area contributed by atoms with E-state index in [1.807, 2.05) is 13.8 Å². The second-order valence-corrected chi connectivity index (χ2v) is 5.44. The van der Waals surface area contributed by atoms with Gasteiger partial charge in [-0.3, -0.25) is 24.6 Å². The predicted molar refractivity (Wildman–Crippen MR) is 72.0 cm³/mol. The topological polar surface area (TPSA) is 80.5 Å². The summed E-state index contributed by atoms with van der Waals surface area (Å²) < 4.78 is 13.6. The molecule has 7 heteroatoms. The van der Waals surface area contributed by atoms with Crippen molar-refractivity contribution in [3.63, 3.8) is 0 Å². The van der Waals surface area contributed by atoms with Gasteiger partial charge in [0.25, 0.3) is 5.91 Å². The van der Waals surface area contributed by atoms with Crippen LogP contribution in [0.1, 0.15) is 30.6 Å². The van der Waals surface area contributed by atoms with Crippen LogP contribution in [0.25, 0.3) is 0 Å². The van der Waals surface area contributed by atoms with Gasteiger partial charge in [-0.15, -0.1) is 0 Å². The first-order valence-corrected chi connectivity index (χ1v) is 6.60. The van der Waals surface area contributed by atoms with Crippen LogP contribution < -0.4 is 0 Å². The van der Waals surface area contributed by atoms with E-state index in [1.165, 1.54) is 6.07 Å². The van der Waals surface area contributed by atoms with Gasteiger partial charge < -0.3 is 0 Å². The van der Waals surface area contributed by atoms with Gasteiger partial charge in [-0.1, -0.05) is 13.8 Å². The first kappa shape index (κ1) is 15.1. The summed E-state index contributed by atoms with van der Waals surface area (Å²) in [7, 11) is 0. The fraction of sp³-hybridized carbons (Fsp3) is 0.429. The number of hydrogen-bond acceptors (Lipinski definition) is 4. The Morgan fingerprint density at radius 1 is 1.48 bits per heavy atom. The van der Waals surface area contributed by atoms with E-state index in [0.29, 0.717) is 13.0 Å². The van der Waals surface area contributed by atoms with Crippen LogP contribution in [0.2, 0.25) is 0 Å². The largest absolute Gasteiger partial charge is 0.304 e. The summed E-state index contributed by atoms with van der Waals surface area (Å²) in [5, 5.41) is 10.5. The van der Waals surface area contributed by atoms with Crippen molar-refractivity contribution in [2.24, 2.45) is 11.8 Å². The van der Waals surface area contributed by atoms with E-state index in [1.54, 1.807) is 0 Å². The molecular weight excluding hydrogens is 279 g/mol. The molecule has 1 saturated heterocycles. The van der Waals surface area contributed by atoms with E-state index in [0.717, 1.165) is 17.0 Å². The third-order valence-corrected chi connectivity index (χ3v) is 3.73. The summed E-state index contributed by atoms with van der Waals surface area (Å²) in [6, 6.07) is 2.90. The summed E-state index contributed by atoms with van der Waals surface area (Å²) in [5.74, 6) is -1.64. The molecule has 1 heterocycles. The van der Waals surface area contributed by atoms with E-state index >= 15 is 0 Å². The number of likely N-dealkylation sites (tertiary alicyclic amines) is 1. The first-order valence-electron chi connectivity index (χ1n) is 6.60. The number of carbonyl (C=O) groups excluding carboxylic acids is 2. The zero-order valence-electron chi connectivity index (χ0n) is 11.7. The molecule has 1 atom stereocenters. The maximum absolute atomic E-state index is 13.6. The van der Waals surface area contributed by atoms with Gasteiger partial charge in [-0.25, -0.2) is 0 Å². The van der Waals surface area contributed by atoms with Gasteiger partial charge in [-0.05, 0) is 24.0 Å². The lowest BCUT2D eigenvalue weighted by Crippen LogP contribution is -2.32. The highest BCUT2D eigenvalue weighted by molar-refractivity contribution is 6.05. The summed E-state index contributed by atoms with van der Waals surface area (Å²) in [6.45, 7) is 4.24. The van der Waals surface area contributed by atoms with Gasteiger partial charge in [0.2, 0.25) is 11.7 Å². The molecular formula is C14H15FN2O4. The Balaban J connectivity index is 2.23. The number of imide groups is 1. The number of hydrogen-bond donors (Lipinski definition) is 0. The molecule has 6 nitrogen and oxygen atoms in total. The maximum Gasteiger partial charge on any atom is 0.304 e. The van der Waals surface area contributed by atoms with Crippen LogP contribution >= 0.6 is 0 Å². The van der Waals surface area contributed by atoms with E-state index in [2.05, 4.69) is 0 Å². The molecule has 1 aliphatic heterocycles.